The van der Waals surface area contributed by atoms with Crippen LogP contribution in [-0.2, 0) is 19.6 Å². The highest BCUT2D eigenvalue weighted by molar-refractivity contribution is 7.94. The molecule has 0 bridgehead atoms. The summed E-state index contributed by atoms with van der Waals surface area (Å²) in [5.41, 5.74) is 3.97. The van der Waals surface area contributed by atoms with E-state index >= 15 is 0 Å². The van der Waals surface area contributed by atoms with Crippen molar-refractivity contribution >= 4 is 39.1 Å². The van der Waals surface area contributed by atoms with Crippen molar-refractivity contribution in [1.82, 2.24) is 0 Å². The van der Waals surface area contributed by atoms with Crippen molar-refractivity contribution in [3.63, 3.8) is 0 Å². The lowest BCUT2D eigenvalue weighted by molar-refractivity contribution is -0.137. The largest absolute Gasteiger partial charge is 0.463 e. The number of sulfonamides is 1. The van der Waals surface area contributed by atoms with Crippen molar-refractivity contribution in [1.29, 1.82) is 0 Å². The molecule has 0 atom stereocenters. The van der Waals surface area contributed by atoms with Gasteiger partial charge in [0.25, 0.3) is 10.0 Å². The standard InChI is InChI=1S/C18H21NO4S2/c1-5-23-17(20)9-8-15-13(3)12(2)11-16(14(15)4)19-25(21,22)18-7-6-10-24-18/h6-11,19H,5H2,1-4H3/b9-8+. The number of hydrogen-bond acceptors (Lipinski definition) is 5. The van der Waals surface area contributed by atoms with E-state index < -0.39 is 16.0 Å². The van der Waals surface area contributed by atoms with Gasteiger partial charge in [0, 0.05) is 6.08 Å². The number of carbonyl (C=O) groups excluding carboxylic acids is 1. The maximum absolute atomic E-state index is 12.5. The van der Waals surface area contributed by atoms with Crippen LogP contribution in [-0.4, -0.2) is 21.0 Å². The molecule has 1 N–H and O–H groups in total. The molecule has 1 aromatic heterocycles. The Balaban J connectivity index is 2.42. The predicted molar refractivity (Wildman–Crippen MR) is 101 cm³/mol. The second kappa shape index (κ2) is 7.84. The zero-order valence-electron chi connectivity index (χ0n) is 14.6. The minimum atomic E-state index is -3.63. The van der Waals surface area contributed by atoms with E-state index in [0.717, 1.165) is 33.6 Å². The number of aryl methyl sites for hydroxylation is 1. The molecule has 5 nitrogen and oxygen atoms in total. The van der Waals surface area contributed by atoms with Gasteiger partial charge in [-0.05, 0) is 73.5 Å². The van der Waals surface area contributed by atoms with Gasteiger partial charge in [0.2, 0.25) is 0 Å². The van der Waals surface area contributed by atoms with Gasteiger partial charge in [-0.15, -0.1) is 11.3 Å². The monoisotopic (exact) mass is 379 g/mol. The van der Waals surface area contributed by atoms with Crippen LogP contribution in [0.1, 0.15) is 29.2 Å². The second-order valence-corrected chi connectivity index (χ2v) is 8.38. The van der Waals surface area contributed by atoms with Gasteiger partial charge < -0.3 is 4.74 Å². The Labute approximate surface area is 152 Å². The van der Waals surface area contributed by atoms with Crippen LogP contribution in [0, 0.1) is 20.8 Å². The zero-order valence-corrected chi connectivity index (χ0v) is 16.3. The number of ether oxygens (including phenoxy) is 1. The Hall–Kier alpha value is -2.12. The molecule has 0 unspecified atom stereocenters. The van der Waals surface area contributed by atoms with E-state index in [1.165, 1.54) is 6.08 Å². The normalized spacial score (nSPS) is 11.7. The lowest BCUT2D eigenvalue weighted by Crippen LogP contribution is -2.13. The number of carbonyl (C=O) groups is 1. The zero-order chi connectivity index (χ0) is 18.6. The molecule has 0 spiro atoms. The molecule has 0 saturated carbocycles. The fourth-order valence-electron chi connectivity index (χ4n) is 2.38. The van der Waals surface area contributed by atoms with Gasteiger partial charge in [0.05, 0.1) is 12.3 Å². The molecule has 0 amide bonds. The average Bonchev–Trinajstić information content (AvgIpc) is 3.08. The predicted octanol–water partition coefficient (Wildman–Crippen LogP) is 4.05. The number of thiophene rings is 1. The van der Waals surface area contributed by atoms with Crippen LogP contribution in [0.15, 0.2) is 33.9 Å². The van der Waals surface area contributed by atoms with Crippen molar-refractivity contribution in [3.8, 4) is 0 Å². The first-order chi connectivity index (χ1) is 11.8. The van der Waals surface area contributed by atoms with Crippen molar-refractivity contribution in [2.75, 3.05) is 11.3 Å². The Morgan fingerprint density at radius 1 is 1.28 bits per heavy atom. The molecule has 0 radical (unpaired) electrons. The van der Waals surface area contributed by atoms with E-state index in [1.54, 1.807) is 36.6 Å². The minimum absolute atomic E-state index is 0.258. The summed E-state index contributed by atoms with van der Waals surface area (Å²) in [6.45, 7) is 7.71. The number of rotatable bonds is 6. The molecule has 1 heterocycles. The smallest absolute Gasteiger partial charge is 0.330 e. The molecule has 0 aliphatic heterocycles. The molecule has 1 aromatic carbocycles. The van der Waals surface area contributed by atoms with E-state index in [1.807, 2.05) is 20.8 Å². The van der Waals surface area contributed by atoms with Crippen LogP contribution in [0.5, 0.6) is 0 Å². The van der Waals surface area contributed by atoms with Crippen LogP contribution in [0.4, 0.5) is 5.69 Å². The van der Waals surface area contributed by atoms with Gasteiger partial charge in [-0.2, -0.15) is 0 Å². The van der Waals surface area contributed by atoms with Crippen molar-refractivity contribution in [3.05, 3.63) is 51.9 Å². The van der Waals surface area contributed by atoms with E-state index in [2.05, 4.69) is 4.72 Å². The molecule has 2 rings (SSSR count). The van der Waals surface area contributed by atoms with Gasteiger partial charge in [-0.25, -0.2) is 13.2 Å². The summed E-state index contributed by atoms with van der Waals surface area (Å²) >= 11 is 1.16. The van der Waals surface area contributed by atoms with Gasteiger partial charge in [0.15, 0.2) is 0 Å². The van der Waals surface area contributed by atoms with Crippen LogP contribution < -0.4 is 4.72 Å². The lowest BCUT2D eigenvalue weighted by Gasteiger charge is -2.16. The van der Waals surface area contributed by atoms with Gasteiger partial charge in [-0.3, -0.25) is 4.72 Å². The molecular weight excluding hydrogens is 358 g/mol. The number of benzene rings is 1. The summed E-state index contributed by atoms with van der Waals surface area (Å²) < 4.78 is 32.8. The van der Waals surface area contributed by atoms with Crippen molar-refractivity contribution in [2.24, 2.45) is 0 Å². The van der Waals surface area contributed by atoms with E-state index in [-0.39, 0.29) is 4.21 Å². The first kappa shape index (κ1) is 19.2. The third-order valence-electron chi connectivity index (χ3n) is 3.84. The SMILES string of the molecule is CCOC(=O)/C=C/c1c(C)c(C)cc(NS(=O)(=O)c2cccs2)c1C. The molecule has 0 aliphatic carbocycles. The molecule has 7 heteroatoms. The van der Waals surface area contributed by atoms with Gasteiger partial charge in [0.1, 0.15) is 4.21 Å². The molecule has 0 saturated heterocycles. The fraction of sp³-hybridized carbons (Fsp3) is 0.278. The summed E-state index contributed by atoms with van der Waals surface area (Å²) in [5.74, 6) is -0.427. The minimum Gasteiger partial charge on any atom is -0.463 e. The first-order valence-corrected chi connectivity index (χ1v) is 10.1. The summed E-state index contributed by atoms with van der Waals surface area (Å²) in [5, 5.41) is 1.72. The van der Waals surface area contributed by atoms with Crippen LogP contribution in [0.25, 0.3) is 6.08 Å². The molecule has 0 aliphatic rings. The van der Waals surface area contributed by atoms with Gasteiger partial charge >= 0.3 is 5.97 Å². The highest BCUT2D eigenvalue weighted by Crippen LogP contribution is 2.29. The topological polar surface area (TPSA) is 72.5 Å². The number of hydrogen-bond donors (Lipinski definition) is 1. The third-order valence-corrected chi connectivity index (χ3v) is 6.60. The lowest BCUT2D eigenvalue weighted by atomic mass is 9.96. The molecule has 134 valence electrons. The Morgan fingerprint density at radius 3 is 2.60 bits per heavy atom. The Bertz CT molecular complexity index is 898. The summed E-state index contributed by atoms with van der Waals surface area (Å²) in [6, 6.07) is 5.06. The first-order valence-electron chi connectivity index (χ1n) is 7.78. The third kappa shape index (κ3) is 4.49. The maximum Gasteiger partial charge on any atom is 0.330 e. The fourth-order valence-corrected chi connectivity index (χ4v) is 4.49. The maximum atomic E-state index is 12.5. The summed E-state index contributed by atoms with van der Waals surface area (Å²) in [7, 11) is -3.63. The van der Waals surface area contributed by atoms with E-state index in [9.17, 15) is 13.2 Å². The number of esters is 1. The Kier molecular flexibility index (Phi) is 6.02. The Morgan fingerprint density at radius 2 is 2.00 bits per heavy atom. The van der Waals surface area contributed by atoms with Gasteiger partial charge in [-0.1, -0.05) is 6.07 Å². The highest BCUT2D eigenvalue weighted by Gasteiger charge is 2.18. The van der Waals surface area contributed by atoms with E-state index in [0.29, 0.717) is 12.3 Å². The van der Waals surface area contributed by atoms with Crippen molar-refractivity contribution in [2.45, 2.75) is 31.9 Å². The second-order valence-electron chi connectivity index (χ2n) is 5.53. The molecular formula is C18H21NO4S2. The summed E-state index contributed by atoms with van der Waals surface area (Å²) in [4.78, 5) is 11.6. The van der Waals surface area contributed by atoms with Crippen LogP contribution in [0.3, 0.4) is 0 Å². The highest BCUT2D eigenvalue weighted by atomic mass is 32.2. The van der Waals surface area contributed by atoms with Crippen LogP contribution in [0.2, 0.25) is 0 Å². The molecule has 2 aromatic rings. The van der Waals surface area contributed by atoms with Crippen molar-refractivity contribution < 1.29 is 17.9 Å². The molecule has 0 fully saturated rings. The summed E-state index contributed by atoms with van der Waals surface area (Å²) in [6.07, 6.45) is 3.02. The van der Waals surface area contributed by atoms with E-state index in [4.69, 9.17) is 4.74 Å². The number of anilines is 1. The number of nitrogens with one attached hydrogen (secondary N) is 1. The molecule has 25 heavy (non-hydrogen) atoms. The average molecular weight is 380 g/mol. The quantitative estimate of drug-likeness (QED) is 0.607. The van der Waals surface area contributed by atoms with Crippen LogP contribution >= 0.6 is 11.3 Å².